The second kappa shape index (κ2) is 13.8. The predicted molar refractivity (Wildman–Crippen MR) is 146 cm³/mol. The number of carbonyl (C=O) groups is 1. The van der Waals surface area contributed by atoms with Crippen molar-refractivity contribution in [3.8, 4) is 0 Å². The van der Waals surface area contributed by atoms with E-state index in [9.17, 15) is 9.90 Å². The zero-order valence-electron chi connectivity index (χ0n) is 23.0. The van der Waals surface area contributed by atoms with Gasteiger partial charge in [-0.1, -0.05) is 77.6 Å². The van der Waals surface area contributed by atoms with Gasteiger partial charge in [-0.3, -0.25) is 4.79 Å². The van der Waals surface area contributed by atoms with Crippen LogP contribution in [-0.2, 0) is 4.79 Å². The maximum absolute atomic E-state index is 11.7. The van der Waals surface area contributed by atoms with Crippen molar-refractivity contribution in [1.82, 2.24) is 0 Å². The van der Waals surface area contributed by atoms with E-state index in [-0.39, 0.29) is 5.92 Å². The molecule has 4 aliphatic carbocycles. The Balaban J connectivity index is 1.43. The highest BCUT2D eigenvalue weighted by Gasteiger charge is 2.35. The molecule has 0 aromatic carbocycles. The predicted octanol–water partition coefficient (Wildman–Crippen LogP) is 8.59. The van der Waals surface area contributed by atoms with Crippen LogP contribution in [0, 0.1) is 47.3 Å². The van der Waals surface area contributed by atoms with Crippen LogP contribution in [0.1, 0.15) is 142 Å². The first-order chi connectivity index (χ1) is 17.0. The molecule has 4 aliphatic rings. The van der Waals surface area contributed by atoms with E-state index in [1.807, 2.05) is 0 Å². The normalized spacial score (nSPS) is 43.0. The summed E-state index contributed by atoms with van der Waals surface area (Å²) in [6, 6.07) is 0.350. The van der Waals surface area contributed by atoms with Gasteiger partial charge >= 0.3 is 5.97 Å². The van der Waals surface area contributed by atoms with E-state index in [1.165, 1.54) is 109 Å². The van der Waals surface area contributed by atoms with Crippen LogP contribution in [0.2, 0.25) is 0 Å². The highest BCUT2D eigenvalue weighted by molar-refractivity contribution is 5.69. The Hall–Kier alpha value is -0.570. The monoisotopic (exact) mass is 487 g/mol. The lowest BCUT2D eigenvalue weighted by Crippen LogP contribution is -2.31. The van der Waals surface area contributed by atoms with Crippen LogP contribution in [-0.4, -0.2) is 17.1 Å². The van der Waals surface area contributed by atoms with Crippen molar-refractivity contribution in [1.29, 1.82) is 0 Å². The summed E-state index contributed by atoms with van der Waals surface area (Å²) >= 11 is 0. The molecule has 3 nitrogen and oxygen atoms in total. The van der Waals surface area contributed by atoms with Gasteiger partial charge in [0.25, 0.3) is 0 Å². The number of aliphatic carboxylic acids is 1. The van der Waals surface area contributed by atoms with Crippen molar-refractivity contribution in [3.05, 3.63) is 0 Å². The summed E-state index contributed by atoms with van der Waals surface area (Å²) in [5, 5.41) is 9.62. The smallest absolute Gasteiger partial charge is 0.306 e. The molecule has 0 radical (unpaired) electrons. The molecule has 9 atom stereocenters. The van der Waals surface area contributed by atoms with E-state index in [4.69, 9.17) is 5.73 Å². The molecule has 0 heterocycles. The quantitative estimate of drug-likeness (QED) is 0.389. The first-order valence-corrected chi connectivity index (χ1v) is 16.0. The molecule has 35 heavy (non-hydrogen) atoms. The lowest BCUT2D eigenvalue weighted by Gasteiger charge is -2.34. The fourth-order valence-electron chi connectivity index (χ4n) is 9.07. The first-order valence-electron chi connectivity index (χ1n) is 16.0. The summed E-state index contributed by atoms with van der Waals surface area (Å²) in [6.45, 7) is 2.49. The lowest BCUT2D eigenvalue weighted by atomic mass is 9.71. The molecule has 0 aromatic heterocycles. The molecule has 4 saturated carbocycles. The topological polar surface area (TPSA) is 63.3 Å². The summed E-state index contributed by atoms with van der Waals surface area (Å²) in [6.07, 6.45) is 27.8. The summed E-state index contributed by atoms with van der Waals surface area (Å²) in [7, 11) is 0. The summed E-state index contributed by atoms with van der Waals surface area (Å²) in [5.74, 6) is 5.33. The van der Waals surface area contributed by atoms with Crippen LogP contribution in [0.15, 0.2) is 0 Å². The maximum atomic E-state index is 11.7. The number of nitrogens with two attached hydrogens (primary N) is 1. The molecule has 9 unspecified atom stereocenters. The fraction of sp³-hybridized carbons (Fsp3) is 0.969. The molecule has 202 valence electrons. The number of hydrogen-bond donors (Lipinski definition) is 2. The third kappa shape index (κ3) is 8.21. The zero-order chi connectivity index (χ0) is 24.6. The lowest BCUT2D eigenvalue weighted by molar-refractivity contribution is -0.142. The summed E-state index contributed by atoms with van der Waals surface area (Å²) in [4.78, 5) is 11.7. The Kier molecular flexibility index (Phi) is 10.8. The van der Waals surface area contributed by atoms with Gasteiger partial charge in [0.1, 0.15) is 0 Å². The van der Waals surface area contributed by atoms with Crippen LogP contribution in [0.5, 0.6) is 0 Å². The van der Waals surface area contributed by atoms with Crippen molar-refractivity contribution >= 4 is 5.97 Å². The van der Waals surface area contributed by atoms with Crippen LogP contribution in [0.4, 0.5) is 0 Å². The molecule has 4 fully saturated rings. The van der Waals surface area contributed by atoms with Crippen LogP contribution in [0.3, 0.4) is 0 Å². The van der Waals surface area contributed by atoms with Crippen LogP contribution in [0.25, 0.3) is 0 Å². The van der Waals surface area contributed by atoms with Gasteiger partial charge in [-0.2, -0.15) is 0 Å². The molecule has 4 rings (SSSR count). The van der Waals surface area contributed by atoms with Gasteiger partial charge in [0.05, 0.1) is 5.92 Å². The van der Waals surface area contributed by atoms with E-state index < -0.39 is 5.97 Å². The average Bonchev–Trinajstić information content (AvgIpc) is 2.93. The maximum Gasteiger partial charge on any atom is 0.306 e. The van der Waals surface area contributed by atoms with E-state index >= 15 is 0 Å². The van der Waals surface area contributed by atoms with Crippen LogP contribution < -0.4 is 5.73 Å². The Labute approximate surface area is 216 Å². The van der Waals surface area contributed by atoms with E-state index in [0.717, 1.165) is 61.2 Å². The molecule has 0 amide bonds. The average molecular weight is 488 g/mol. The van der Waals surface area contributed by atoms with E-state index in [0.29, 0.717) is 12.0 Å². The van der Waals surface area contributed by atoms with E-state index in [2.05, 4.69) is 6.92 Å². The Morgan fingerprint density at radius 2 is 0.971 bits per heavy atom. The van der Waals surface area contributed by atoms with E-state index in [1.54, 1.807) is 0 Å². The zero-order valence-corrected chi connectivity index (χ0v) is 23.0. The molecule has 0 aromatic rings. The minimum absolute atomic E-state index is 0.109. The second-order valence-corrected chi connectivity index (χ2v) is 13.7. The third-order valence-corrected chi connectivity index (χ3v) is 11.3. The number of hydrogen-bond acceptors (Lipinski definition) is 2. The second-order valence-electron chi connectivity index (χ2n) is 13.7. The third-order valence-electron chi connectivity index (χ3n) is 11.3. The number of carboxylic acids is 1. The molecular formula is C32H57NO2. The van der Waals surface area contributed by atoms with Gasteiger partial charge in [0.2, 0.25) is 0 Å². The van der Waals surface area contributed by atoms with Gasteiger partial charge < -0.3 is 10.8 Å². The van der Waals surface area contributed by atoms with Crippen molar-refractivity contribution < 1.29 is 9.90 Å². The molecule has 0 bridgehead atoms. The Morgan fingerprint density at radius 3 is 1.60 bits per heavy atom. The molecule has 0 saturated heterocycles. The van der Waals surface area contributed by atoms with Crippen LogP contribution >= 0.6 is 0 Å². The summed E-state index contributed by atoms with van der Waals surface area (Å²) in [5.41, 5.74) is 6.93. The highest BCUT2D eigenvalue weighted by Crippen LogP contribution is 2.44. The van der Waals surface area contributed by atoms with Gasteiger partial charge in [-0.15, -0.1) is 0 Å². The molecule has 3 heteroatoms. The Bertz CT molecular complexity index is 635. The van der Waals surface area contributed by atoms with Crippen molar-refractivity contribution in [2.75, 3.05) is 0 Å². The number of rotatable bonds is 1. The minimum Gasteiger partial charge on any atom is -0.481 e. The van der Waals surface area contributed by atoms with Gasteiger partial charge in [0.15, 0.2) is 0 Å². The fourth-order valence-corrected chi connectivity index (χ4v) is 9.07. The first kappa shape index (κ1) is 27.5. The molecule has 0 spiro atoms. The SMILES string of the molecule is CC1CCCCC2CCC3CC(N)CC4CCCC(C(=O)O)CCC4CCC3CCCCC2CC1. The molecular weight excluding hydrogens is 430 g/mol. The number of carboxylic acid groups (broad SMARTS) is 1. The minimum atomic E-state index is -0.562. The van der Waals surface area contributed by atoms with Gasteiger partial charge in [-0.05, 0) is 106 Å². The van der Waals surface area contributed by atoms with Crippen molar-refractivity contribution in [2.24, 2.45) is 53.1 Å². The summed E-state index contributed by atoms with van der Waals surface area (Å²) < 4.78 is 0. The van der Waals surface area contributed by atoms with Gasteiger partial charge in [0, 0.05) is 6.04 Å². The highest BCUT2D eigenvalue weighted by atomic mass is 16.4. The van der Waals surface area contributed by atoms with Crippen molar-refractivity contribution in [2.45, 2.75) is 148 Å². The molecule has 3 N–H and O–H groups in total. The van der Waals surface area contributed by atoms with Gasteiger partial charge in [-0.25, -0.2) is 0 Å². The standard InChI is InChI=1S/C32H57NO2/c1-23-7-2-3-8-25-18-20-30-22-31(33)21-29-12-6-11-28(32(34)35)19-17-27(29)16-15-26(30)10-5-4-9-24(25)14-13-23/h23-31H,2-22,33H2,1H3,(H,34,35). The van der Waals surface area contributed by atoms with Crippen molar-refractivity contribution in [3.63, 3.8) is 0 Å². The largest absolute Gasteiger partial charge is 0.481 e. The molecule has 0 aliphatic heterocycles. The Morgan fingerprint density at radius 1 is 0.543 bits per heavy atom. The number of fused-ring (bicyclic) bond motifs is 3.